The van der Waals surface area contributed by atoms with Crippen LogP contribution in [-0.4, -0.2) is 15.5 Å². The molecule has 0 aliphatic rings. The maximum Gasteiger partial charge on any atom is 0.257 e. The monoisotopic (exact) mass is 419 g/mol. The van der Waals surface area contributed by atoms with Crippen LogP contribution in [0, 0.1) is 0 Å². The number of rotatable bonds is 4. The highest BCUT2D eigenvalue weighted by Crippen LogP contribution is 2.30. The van der Waals surface area contributed by atoms with E-state index in [9.17, 15) is 8.42 Å². The van der Waals surface area contributed by atoms with Gasteiger partial charge in [0.2, 0.25) is 0 Å². The third-order valence-corrected chi connectivity index (χ3v) is 5.42. The van der Waals surface area contributed by atoms with Crippen LogP contribution in [0.4, 0.5) is 5.69 Å². The van der Waals surface area contributed by atoms with Crippen LogP contribution >= 0.6 is 39.1 Å². The Balaban J connectivity index is 2.27. The summed E-state index contributed by atoms with van der Waals surface area (Å²) in [6.07, 6.45) is 1.51. The summed E-state index contributed by atoms with van der Waals surface area (Å²) in [5, 5.41) is 2.08. The zero-order valence-corrected chi connectivity index (χ0v) is 15.4. The van der Waals surface area contributed by atoms with Crippen molar-refractivity contribution in [2.45, 2.75) is 0 Å². The molecule has 0 saturated carbocycles. The van der Waals surface area contributed by atoms with Crippen molar-refractivity contribution in [3.05, 3.63) is 68.0 Å². The van der Waals surface area contributed by atoms with Gasteiger partial charge >= 0.3 is 0 Å². The van der Waals surface area contributed by atoms with E-state index < -0.39 is 10.0 Å². The van der Waals surface area contributed by atoms with Gasteiger partial charge in [0.25, 0.3) is 10.0 Å². The topological polar surface area (TPSA) is 37.4 Å². The predicted octanol–water partition coefficient (Wildman–Crippen LogP) is 5.19. The van der Waals surface area contributed by atoms with E-state index >= 15 is 0 Å². The third kappa shape index (κ3) is 4.26. The molecule has 0 N–H and O–H groups in total. The zero-order valence-electron chi connectivity index (χ0n) is 11.5. The van der Waals surface area contributed by atoms with Crippen LogP contribution < -0.4 is 4.31 Å². The van der Waals surface area contributed by atoms with E-state index in [-0.39, 0.29) is 0 Å². The van der Waals surface area contributed by atoms with Crippen LogP contribution in [0.2, 0.25) is 10.0 Å². The van der Waals surface area contributed by atoms with Gasteiger partial charge in [-0.15, -0.1) is 0 Å². The lowest BCUT2D eigenvalue weighted by Gasteiger charge is -2.18. The molecule has 2 rings (SSSR count). The van der Waals surface area contributed by atoms with Crippen molar-refractivity contribution >= 4 is 60.9 Å². The maximum atomic E-state index is 12.4. The molecule has 0 bridgehead atoms. The Hall–Kier alpha value is -1.01. The highest BCUT2D eigenvalue weighted by atomic mass is 79.9. The standard InChI is InChI=1S/C15H12BrCl2NO2S/c1-19(15-7-4-12(16)10-14(15)18)22(20,21)9-8-11-2-5-13(17)6-3-11/h2-10H,1H3/b9-8-. The van der Waals surface area contributed by atoms with Gasteiger partial charge in [-0.1, -0.05) is 51.3 Å². The molecule has 0 heterocycles. The molecule has 0 radical (unpaired) electrons. The Morgan fingerprint density at radius 1 is 1.09 bits per heavy atom. The molecular weight excluding hydrogens is 409 g/mol. The van der Waals surface area contributed by atoms with Crippen molar-refractivity contribution in [1.29, 1.82) is 0 Å². The van der Waals surface area contributed by atoms with Gasteiger partial charge in [0.15, 0.2) is 0 Å². The first-order valence-corrected chi connectivity index (χ1v) is 9.22. The van der Waals surface area contributed by atoms with Crippen LogP contribution in [0.3, 0.4) is 0 Å². The Morgan fingerprint density at radius 3 is 2.32 bits per heavy atom. The molecule has 0 amide bonds. The molecule has 7 heteroatoms. The highest BCUT2D eigenvalue weighted by Gasteiger charge is 2.17. The van der Waals surface area contributed by atoms with Crippen molar-refractivity contribution in [2.24, 2.45) is 0 Å². The van der Waals surface area contributed by atoms with E-state index in [1.54, 1.807) is 42.5 Å². The predicted molar refractivity (Wildman–Crippen MR) is 97.0 cm³/mol. The first-order chi connectivity index (χ1) is 10.3. The first kappa shape index (κ1) is 17.3. The second-order valence-electron chi connectivity index (χ2n) is 4.46. The summed E-state index contributed by atoms with van der Waals surface area (Å²) in [4.78, 5) is 0. The Labute approximate surface area is 148 Å². The van der Waals surface area contributed by atoms with Gasteiger partial charge < -0.3 is 0 Å². The number of anilines is 1. The molecule has 0 aliphatic carbocycles. The summed E-state index contributed by atoms with van der Waals surface area (Å²) < 4.78 is 26.6. The van der Waals surface area contributed by atoms with Gasteiger partial charge in [-0.05, 0) is 42.0 Å². The Morgan fingerprint density at radius 2 is 1.73 bits per heavy atom. The molecule has 0 atom stereocenters. The summed E-state index contributed by atoms with van der Waals surface area (Å²) in [5.41, 5.74) is 1.15. The van der Waals surface area contributed by atoms with Crippen molar-refractivity contribution in [1.82, 2.24) is 0 Å². The molecule has 0 fully saturated rings. The van der Waals surface area contributed by atoms with Gasteiger partial charge in [-0.2, -0.15) is 0 Å². The average Bonchev–Trinajstić information content (AvgIpc) is 2.46. The van der Waals surface area contributed by atoms with Gasteiger partial charge in [0.05, 0.1) is 16.1 Å². The number of halogens is 3. The lowest BCUT2D eigenvalue weighted by Crippen LogP contribution is -2.24. The highest BCUT2D eigenvalue weighted by molar-refractivity contribution is 9.10. The minimum absolute atomic E-state index is 0.348. The van der Waals surface area contributed by atoms with Crippen molar-refractivity contribution < 1.29 is 8.42 Å². The largest absolute Gasteiger partial charge is 0.268 e. The van der Waals surface area contributed by atoms with Crippen molar-refractivity contribution in [3.8, 4) is 0 Å². The Kier molecular flexibility index (Phi) is 5.55. The summed E-state index contributed by atoms with van der Waals surface area (Å²) in [6, 6.07) is 11.9. The molecule has 0 spiro atoms. The third-order valence-electron chi connectivity index (χ3n) is 2.93. The summed E-state index contributed by atoms with van der Waals surface area (Å²) in [7, 11) is -2.18. The SMILES string of the molecule is CN(c1ccc(Br)cc1Cl)S(=O)(=O)/C=C\c1ccc(Cl)cc1. The van der Waals surface area contributed by atoms with Crippen LogP contribution in [0.1, 0.15) is 5.56 Å². The normalized spacial score (nSPS) is 11.8. The number of nitrogens with zero attached hydrogens (tertiary/aromatic N) is 1. The smallest absolute Gasteiger partial charge is 0.257 e. The lowest BCUT2D eigenvalue weighted by molar-refractivity contribution is 0.603. The molecule has 2 aromatic carbocycles. The molecule has 22 heavy (non-hydrogen) atoms. The van der Waals surface area contributed by atoms with Crippen molar-refractivity contribution in [2.75, 3.05) is 11.4 Å². The lowest BCUT2D eigenvalue weighted by atomic mass is 10.2. The number of hydrogen-bond acceptors (Lipinski definition) is 2. The molecule has 116 valence electrons. The molecule has 0 aliphatic heterocycles. The summed E-state index contributed by atoms with van der Waals surface area (Å²) in [5.74, 6) is 0. The molecule has 0 saturated heterocycles. The van der Waals surface area contributed by atoms with Crippen LogP contribution in [0.25, 0.3) is 6.08 Å². The summed E-state index contributed by atoms with van der Waals surface area (Å²) >= 11 is 15.2. The van der Waals surface area contributed by atoms with Gasteiger partial charge in [-0.25, -0.2) is 8.42 Å². The molecule has 3 nitrogen and oxygen atoms in total. The van der Waals surface area contributed by atoms with E-state index in [0.717, 1.165) is 19.7 Å². The van der Waals surface area contributed by atoms with E-state index in [0.29, 0.717) is 15.7 Å². The fraction of sp³-hybridized carbons (Fsp3) is 0.0667. The summed E-state index contributed by atoms with van der Waals surface area (Å²) in [6.45, 7) is 0. The first-order valence-electron chi connectivity index (χ1n) is 6.17. The molecule has 0 aromatic heterocycles. The molecular formula is C15H12BrCl2NO2S. The maximum absolute atomic E-state index is 12.4. The van der Waals surface area contributed by atoms with E-state index in [1.807, 2.05) is 0 Å². The van der Waals surface area contributed by atoms with E-state index in [4.69, 9.17) is 23.2 Å². The Bertz CT molecular complexity index is 805. The minimum atomic E-state index is -3.64. The molecule has 0 unspecified atom stereocenters. The van der Waals surface area contributed by atoms with Gasteiger partial charge in [0, 0.05) is 16.5 Å². The van der Waals surface area contributed by atoms with Gasteiger partial charge in [-0.3, -0.25) is 4.31 Å². The fourth-order valence-electron chi connectivity index (χ4n) is 1.70. The average molecular weight is 421 g/mol. The fourth-order valence-corrected chi connectivity index (χ4v) is 3.62. The number of sulfonamides is 1. The quantitative estimate of drug-likeness (QED) is 0.682. The number of hydrogen-bond donors (Lipinski definition) is 0. The second-order valence-corrected chi connectivity index (χ2v) is 8.07. The van der Waals surface area contributed by atoms with E-state index in [2.05, 4.69) is 15.9 Å². The van der Waals surface area contributed by atoms with Crippen LogP contribution in [0.5, 0.6) is 0 Å². The zero-order chi connectivity index (χ0) is 16.3. The number of benzene rings is 2. The van der Waals surface area contributed by atoms with Crippen LogP contribution in [-0.2, 0) is 10.0 Å². The molecule has 2 aromatic rings. The van der Waals surface area contributed by atoms with Crippen molar-refractivity contribution in [3.63, 3.8) is 0 Å². The van der Waals surface area contributed by atoms with Crippen LogP contribution in [0.15, 0.2) is 52.3 Å². The second kappa shape index (κ2) is 7.04. The van der Waals surface area contributed by atoms with Gasteiger partial charge in [0.1, 0.15) is 0 Å². The van der Waals surface area contributed by atoms with E-state index in [1.165, 1.54) is 13.1 Å². The minimum Gasteiger partial charge on any atom is -0.268 e.